The smallest absolute Gasteiger partial charge is 0.322 e. The number of hydrogen-bond donors (Lipinski definition) is 1. The van der Waals surface area contributed by atoms with Crippen molar-refractivity contribution in [1.29, 1.82) is 0 Å². The molecule has 61 heavy (non-hydrogen) atoms. The zero-order valence-electron chi connectivity index (χ0n) is 37.8. The lowest BCUT2D eigenvalue weighted by Gasteiger charge is -2.32. The van der Waals surface area contributed by atoms with Gasteiger partial charge >= 0.3 is 23.9 Å². The Labute approximate surface area is 391 Å². The summed E-state index contributed by atoms with van der Waals surface area (Å²) in [6.45, 7) is 21.0. The van der Waals surface area contributed by atoms with Crippen LogP contribution >= 0.6 is 47.8 Å². The first-order chi connectivity index (χ1) is 27.4. The number of carbonyl (C=O) groups is 4. The number of hydrogen-bond acceptors (Lipinski definition) is 17. The molecule has 0 aromatic heterocycles. The van der Waals surface area contributed by atoms with Crippen LogP contribution in [0, 0.1) is 22.7 Å². The van der Waals surface area contributed by atoms with Gasteiger partial charge in [0.2, 0.25) is 0 Å². The van der Waals surface area contributed by atoms with E-state index in [1.807, 2.05) is 0 Å². The molecular weight excluding hydrogens is 1080 g/mol. The Morgan fingerprint density at radius 3 is 1.23 bits per heavy atom. The van der Waals surface area contributed by atoms with Crippen LogP contribution in [0.2, 0.25) is 0 Å². The molecule has 0 aliphatic carbocycles. The SMILES string of the molecule is C=CS(=O)(=O)CC(CC(Br)S(=O)(=O)C=C)C(C)(C)C(=O)OC.CCCS(=O)(=O)CC(CC(Br)S(=O)(=O)CCC)C(C)(C)C(=O)OC.CO.COC(=O)C(C)(C)Br.COC(C)=O. The molecule has 0 aliphatic heterocycles. The number of alkyl halides is 3. The number of aliphatic hydroxyl groups excluding tert-OH is 1. The summed E-state index contributed by atoms with van der Waals surface area (Å²) >= 11 is 9.33. The number of esters is 4. The second-order valence-corrected chi connectivity index (χ2v) is 28.5. The molecule has 24 heteroatoms. The Balaban J connectivity index is -0.000000258. The zero-order valence-corrected chi connectivity index (χ0v) is 45.8. The molecule has 17 nitrogen and oxygen atoms in total. The Morgan fingerprint density at radius 1 is 0.623 bits per heavy atom. The van der Waals surface area contributed by atoms with Crippen molar-refractivity contribution in [3.8, 4) is 0 Å². The summed E-state index contributed by atoms with van der Waals surface area (Å²) < 4.78 is 112. The van der Waals surface area contributed by atoms with Crippen molar-refractivity contribution < 1.29 is 76.9 Å². The number of sulfone groups is 4. The average molecular weight is 1150 g/mol. The van der Waals surface area contributed by atoms with Crippen LogP contribution in [0.15, 0.2) is 24.0 Å². The highest BCUT2D eigenvalue weighted by atomic mass is 79.9. The third kappa shape index (κ3) is 28.9. The van der Waals surface area contributed by atoms with E-state index in [4.69, 9.17) is 14.6 Å². The van der Waals surface area contributed by atoms with Crippen LogP contribution in [0.5, 0.6) is 0 Å². The van der Waals surface area contributed by atoms with Gasteiger partial charge in [0.05, 0.1) is 56.5 Å². The Morgan fingerprint density at radius 2 is 0.967 bits per heavy atom. The maximum atomic E-state index is 12.2. The van der Waals surface area contributed by atoms with E-state index in [0.717, 1.165) is 17.9 Å². The van der Waals surface area contributed by atoms with Crippen molar-refractivity contribution in [3.63, 3.8) is 0 Å². The van der Waals surface area contributed by atoms with Gasteiger partial charge < -0.3 is 24.1 Å². The summed E-state index contributed by atoms with van der Waals surface area (Å²) in [4.78, 5) is 44.2. The van der Waals surface area contributed by atoms with Gasteiger partial charge in [-0.3, -0.25) is 19.2 Å². The second-order valence-electron chi connectivity index (χ2n) is 14.5. The van der Waals surface area contributed by atoms with Gasteiger partial charge in [0, 0.05) is 30.6 Å². The standard InChI is InChI=1S/C15H29BrO6S2.C13H21BrO6S2.C5H9BrO2.C3H6O2.CH4O/c1-6-8-23(18,19)11-12(15(3,4)14(17)22-5)10-13(16)24(20,21)9-7-2;1-6-21(16,17)9-10(13(3,4)12(15)20-5)8-11(14)22(18,19)7-2;1-5(2,6)4(7)8-3;1-3(4)5-2;1-2/h12-13H,6-11H2,1-5H3;6-7,10-11H,1-2,8-9H2,3-5H3;1-3H3;1-2H3;2H,1H3. The number of carbonyl (C=O) groups excluding carboxylic acids is 4. The van der Waals surface area contributed by atoms with Crippen molar-refractivity contribution in [2.75, 3.05) is 58.6 Å². The monoisotopic (exact) mass is 1150 g/mol. The molecule has 0 fully saturated rings. The van der Waals surface area contributed by atoms with Crippen LogP contribution in [0.4, 0.5) is 0 Å². The fourth-order valence-corrected chi connectivity index (χ4v) is 11.9. The average Bonchev–Trinajstić information content (AvgIpc) is 3.16. The maximum Gasteiger partial charge on any atom is 0.322 e. The van der Waals surface area contributed by atoms with Crippen LogP contribution in [0.3, 0.4) is 0 Å². The Hall–Kier alpha value is -1.44. The van der Waals surface area contributed by atoms with Gasteiger partial charge in [0.15, 0.2) is 39.3 Å². The van der Waals surface area contributed by atoms with E-state index >= 15 is 0 Å². The third-order valence-corrected chi connectivity index (χ3v) is 19.5. The van der Waals surface area contributed by atoms with Gasteiger partial charge in [-0.25, -0.2) is 33.7 Å². The summed E-state index contributed by atoms with van der Waals surface area (Å²) in [5.41, 5.74) is -2.29. The number of aliphatic hydroxyl groups is 1. The Bertz CT molecular complexity index is 1800. The van der Waals surface area contributed by atoms with E-state index < -0.39 is 92.3 Å². The largest absolute Gasteiger partial charge is 0.469 e. The molecule has 0 bridgehead atoms. The number of rotatable bonds is 21. The lowest BCUT2D eigenvalue weighted by atomic mass is 9.78. The highest BCUT2D eigenvalue weighted by Crippen LogP contribution is 2.37. The predicted octanol–water partition coefficient (Wildman–Crippen LogP) is 5.71. The summed E-state index contributed by atoms with van der Waals surface area (Å²) in [7, 11) is -7.90. The molecule has 0 saturated heterocycles. The van der Waals surface area contributed by atoms with E-state index in [1.54, 1.807) is 41.5 Å². The lowest BCUT2D eigenvalue weighted by Crippen LogP contribution is -2.40. The minimum atomic E-state index is -3.64. The van der Waals surface area contributed by atoms with Gasteiger partial charge in [-0.05, 0) is 79.1 Å². The fourth-order valence-electron chi connectivity index (χ4n) is 4.54. The first kappa shape index (κ1) is 68.6. The quantitative estimate of drug-likeness (QED) is 0.0819. The minimum Gasteiger partial charge on any atom is -0.469 e. The van der Waals surface area contributed by atoms with Crippen LogP contribution in [-0.2, 0) is 77.5 Å². The molecule has 1 N–H and O–H groups in total. The molecule has 0 heterocycles. The number of halogens is 3. The van der Waals surface area contributed by atoms with Crippen LogP contribution < -0.4 is 0 Å². The fraction of sp³-hybridized carbons (Fsp3) is 0.784. The maximum absolute atomic E-state index is 12.2. The molecule has 4 unspecified atom stereocenters. The molecule has 0 aromatic rings. The van der Waals surface area contributed by atoms with Gasteiger partial charge in [0.25, 0.3) is 0 Å². The van der Waals surface area contributed by atoms with Crippen molar-refractivity contribution >= 4 is 111 Å². The highest BCUT2D eigenvalue weighted by molar-refractivity contribution is 9.11. The van der Waals surface area contributed by atoms with Crippen molar-refractivity contribution in [1.82, 2.24) is 0 Å². The highest BCUT2D eigenvalue weighted by Gasteiger charge is 2.43. The summed E-state index contributed by atoms with van der Waals surface area (Å²) in [5.74, 6) is -3.76. The third-order valence-electron chi connectivity index (χ3n) is 8.49. The van der Waals surface area contributed by atoms with E-state index in [-0.39, 0.29) is 42.0 Å². The normalized spacial score (nSPS) is 13.9. The van der Waals surface area contributed by atoms with Gasteiger partial charge in [0.1, 0.15) is 12.6 Å². The summed E-state index contributed by atoms with van der Waals surface area (Å²) in [6.07, 6.45) is 0.889. The van der Waals surface area contributed by atoms with Crippen LogP contribution in [0.1, 0.15) is 88.0 Å². The Kier molecular flexibility index (Phi) is 35.4. The van der Waals surface area contributed by atoms with E-state index in [2.05, 4.69) is 70.4 Å². The first-order valence-corrected chi connectivity index (χ1v) is 27.8. The molecule has 0 rings (SSSR count). The number of ether oxygens (including phenoxy) is 4. The first-order valence-electron chi connectivity index (χ1n) is 18.3. The molecule has 364 valence electrons. The zero-order chi connectivity index (χ0) is 50.0. The van der Waals surface area contributed by atoms with Gasteiger partial charge in [-0.2, -0.15) is 0 Å². The van der Waals surface area contributed by atoms with Crippen molar-refractivity contribution in [3.05, 3.63) is 24.0 Å². The molecule has 0 spiro atoms. The van der Waals surface area contributed by atoms with Crippen molar-refractivity contribution in [2.45, 2.75) is 101 Å². The molecule has 0 aromatic carbocycles. The minimum absolute atomic E-state index is 0.00934. The molecular formula is C37H69Br3O17S4. The van der Waals surface area contributed by atoms with E-state index in [1.165, 1.54) is 49.2 Å². The van der Waals surface area contributed by atoms with Gasteiger partial charge in [-0.1, -0.05) is 74.8 Å². The van der Waals surface area contributed by atoms with E-state index in [0.29, 0.717) is 12.8 Å². The summed E-state index contributed by atoms with van der Waals surface area (Å²) in [6, 6.07) is 0. The van der Waals surface area contributed by atoms with Crippen LogP contribution in [-0.4, -0.2) is 134 Å². The molecule has 0 saturated carbocycles. The van der Waals surface area contributed by atoms with Crippen LogP contribution in [0.25, 0.3) is 0 Å². The lowest BCUT2D eigenvalue weighted by molar-refractivity contribution is -0.154. The predicted molar refractivity (Wildman–Crippen MR) is 250 cm³/mol. The topological polar surface area (TPSA) is 262 Å². The van der Waals surface area contributed by atoms with Gasteiger partial charge in [-0.15, -0.1) is 0 Å². The summed E-state index contributed by atoms with van der Waals surface area (Å²) in [5, 5.41) is 8.58. The molecule has 0 amide bonds. The molecule has 4 atom stereocenters. The van der Waals surface area contributed by atoms with E-state index in [9.17, 15) is 52.8 Å². The molecule has 0 radical (unpaired) electrons. The molecule has 0 aliphatic rings. The second kappa shape index (κ2) is 31.4. The van der Waals surface area contributed by atoms with Crippen molar-refractivity contribution in [2.24, 2.45) is 22.7 Å². The number of methoxy groups -OCH3 is 4.